The SMILES string of the molecule is CCCCN1CCC(NC(=NCc2noc(C(C)(C)C)n2)NCC)CC1. The number of guanidine groups is 1. The lowest BCUT2D eigenvalue weighted by atomic mass is 9.97. The van der Waals surface area contributed by atoms with Gasteiger partial charge in [-0.25, -0.2) is 4.99 Å². The van der Waals surface area contributed by atoms with Gasteiger partial charge in [-0.05, 0) is 32.7 Å². The number of aromatic nitrogens is 2. The van der Waals surface area contributed by atoms with E-state index in [1.165, 1.54) is 19.4 Å². The highest BCUT2D eigenvalue weighted by Crippen LogP contribution is 2.19. The summed E-state index contributed by atoms with van der Waals surface area (Å²) in [5.41, 5.74) is -0.135. The molecule has 2 rings (SSSR count). The van der Waals surface area contributed by atoms with Gasteiger partial charge in [0.25, 0.3) is 0 Å². The van der Waals surface area contributed by atoms with Crippen molar-refractivity contribution >= 4 is 5.96 Å². The van der Waals surface area contributed by atoms with Gasteiger partial charge in [-0.3, -0.25) is 0 Å². The second-order valence-corrected chi connectivity index (χ2v) is 8.07. The summed E-state index contributed by atoms with van der Waals surface area (Å²) < 4.78 is 5.34. The van der Waals surface area contributed by atoms with Gasteiger partial charge in [0.05, 0.1) is 0 Å². The van der Waals surface area contributed by atoms with Crippen LogP contribution in [0, 0.1) is 0 Å². The fourth-order valence-electron chi connectivity index (χ4n) is 2.97. The number of nitrogens with zero attached hydrogens (tertiary/aromatic N) is 4. The molecule has 0 radical (unpaired) electrons. The van der Waals surface area contributed by atoms with Crippen LogP contribution in [-0.4, -0.2) is 53.2 Å². The second kappa shape index (κ2) is 9.90. The molecule has 0 unspecified atom stereocenters. The number of hydrogen-bond acceptors (Lipinski definition) is 5. The van der Waals surface area contributed by atoms with Gasteiger partial charge in [-0.2, -0.15) is 4.98 Å². The first-order chi connectivity index (χ1) is 12.4. The summed E-state index contributed by atoms with van der Waals surface area (Å²) in [7, 11) is 0. The van der Waals surface area contributed by atoms with E-state index in [1.807, 2.05) is 0 Å². The minimum absolute atomic E-state index is 0.135. The van der Waals surface area contributed by atoms with Gasteiger partial charge < -0.3 is 20.1 Å². The average molecular weight is 365 g/mol. The molecule has 1 saturated heterocycles. The predicted molar refractivity (Wildman–Crippen MR) is 105 cm³/mol. The Hall–Kier alpha value is -1.63. The highest BCUT2D eigenvalue weighted by Gasteiger charge is 2.22. The van der Waals surface area contributed by atoms with E-state index in [0.29, 0.717) is 24.3 Å². The van der Waals surface area contributed by atoms with Crippen molar-refractivity contribution < 1.29 is 4.52 Å². The first-order valence-electron chi connectivity index (χ1n) is 10.0. The van der Waals surface area contributed by atoms with Gasteiger partial charge in [-0.15, -0.1) is 0 Å². The predicted octanol–water partition coefficient (Wildman–Crippen LogP) is 2.69. The van der Waals surface area contributed by atoms with E-state index in [2.05, 4.69) is 65.3 Å². The van der Waals surface area contributed by atoms with Crippen molar-refractivity contribution in [2.24, 2.45) is 4.99 Å². The third-order valence-electron chi connectivity index (χ3n) is 4.59. The standard InChI is InChI=1S/C19H36N6O/c1-6-8-11-25-12-9-15(10-13-25)22-18(20-7-2)21-14-16-23-17(26-24-16)19(3,4)5/h15H,6-14H2,1-5H3,(H2,20,21,22). The van der Waals surface area contributed by atoms with Crippen molar-refractivity contribution in [3.8, 4) is 0 Å². The Morgan fingerprint density at radius 3 is 2.58 bits per heavy atom. The van der Waals surface area contributed by atoms with E-state index >= 15 is 0 Å². The van der Waals surface area contributed by atoms with Gasteiger partial charge in [0, 0.05) is 31.1 Å². The molecule has 1 aliphatic heterocycles. The molecule has 148 valence electrons. The van der Waals surface area contributed by atoms with E-state index in [1.54, 1.807) is 0 Å². The van der Waals surface area contributed by atoms with Crippen LogP contribution in [-0.2, 0) is 12.0 Å². The summed E-state index contributed by atoms with van der Waals surface area (Å²) in [5, 5.41) is 10.9. The molecule has 1 aliphatic rings. The zero-order valence-corrected chi connectivity index (χ0v) is 17.1. The molecule has 0 saturated carbocycles. The number of likely N-dealkylation sites (tertiary alicyclic amines) is 1. The van der Waals surface area contributed by atoms with Crippen LogP contribution in [0.5, 0.6) is 0 Å². The van der Waals surface area contributed by atoms with Crippen molar-refractivity contribution in [1.82, 2.24) is 25.7 Å². The van der Waals surface area contributed by atoms with Crippen LogP contribution < -0.4 is 10.6 Å². The summed E-state index contributed by atoms with van der Waals surface area (Å²) in [6.45, 7) is 15.3. The highest BCUT2D eigenvalue weighted by atomic mass is 16.5. The van der Waals surface area contributed by atoms with Crippen molar-refractivity contribution in [3.05, 3.63) is 11.7 Å². The summed E-state index contributed by atoms with van der Waals surface area (Å²) in [6, 6.07) is 0.473. The maximum Gasteiger partial charge on any atom is 0.232 e. The van der Waals surface area contributed by atoms with Crippen LogP contribution in [0.25, 0.3) is 0 Å². The zero-order valence-electron chi connectivity index (χ0n) is 17.1. The normalized spacial score (nSPS) is 17.5. The zero-order chi connectivity index (χ0) is 19.0. The Balaban J connectivity index is 1.86. The summed E-state index contributed by atoms with van der Waals surface area (Å²) in [5.74, 6) is 2.11. The Morgan fingerprint density at radius 2 is 2.00 bits per heavy atom. The molecule has 0 aromatic carbocycles. The molecule has 0 spiro atoms. The average Bonchev–Trinajstić information content (AvgIpc) is 3.09. The number of aliphatic imine (C=N–C) groups is 1. The molecule has 0 aliphatic carbocycles. The molecule has 0 atom stereocenters. The van der Waals surface area contributed by atoms with Crippen LogP contribution in [0.4, 0.5) is 0 Å². The molecule has 0 amide bonds. The smallest absolute Gasteiger partial charge is 0.232 e. The first kappa shape index (κ1) is 20.7. The van der Waals surface area contributed by atoms with Crippen molar-refractivity contribution in [2.45, 2.75) is 78.3 Å². The number of piperidine rings is 1. The maximum absolute atomic E-state index is 5.34. The quantitative estimate of drug-likeness (QED) is 0.572. The first-order valence-corrected chi connectivity index (χ1v) is 10.0. The topological polar surface area (TPSA) is 78.6 Å². The van der Waals surface area contributed by atoms with Crippen LogP contribution in [0.2, 0.25) is 0 Å². The minimum Gasteiger partial charge on any atom is -0.357 e. The van der Waals surface area contributed by atoms with Crippen molar-refractivity contribution in [2.75, 3.05) is 26.2 Å². The van der Waals surface area contributed by atoms with Gasteiger partial charge in [-0.1, -0.05) is 39.3 Å². The lowest BCUT2D eigenvalue weighted by Crippen LogP contribution is -2.48. The monoisotopic (exact) mass is 364 g/mol. The fourth-order valence-corrected chi connectivity index (χ4v) is 2.97. The Morgan fingerprint density at radius 1 is 1.27 bits per heavy atom. The summed E-state index contributed by atoms with van der Waals surface area (Å²) in [4.78, 5) is 11.7. The van der Waals surface area contributed by atoms with Gasteiger partial charge in [0.1, 0.15) is 6.54 Å². The van der Waals surface area contributed by atoms with Gasteiger partial charge in [0.15, 0.2) is 11.8 Å². The van der Waals surface area contributed by atoms with Gasteiger partial charge >= 0.3 is 0 Å². The van der Waals surface area contributed by atoms with Crippen molar-refractivity contribution in [3.63, 3.8) is 0 Å². The Bertz CT molecular complexity index is 555. The molecule has 7 nitrogen and oxygen atoms in total. The van der Waals surface area contributed by atoms with Crippen molar-refractivity contribution in [1.29, 1.82) is 0 Å². The van der Waals surface area contributed by atoms with E-state index in [0.717, 1.165) is 38.4 Å². The third-order valence-corrected chi connectivity index (χ3v) is 4.59. The number of rotatable bonds is 7. The Labute approximate surface area is 158 Å². The molecule has 1 aromatic rings. The molecule has 2 N–H and O–H groups in total. The second-order valence-electron chi connectivity index (χ2n) is 8.07. The molecule has 7 heteroatoms. The molecule has 0 bridgehead atoms. The molecular formula is C19H36N6O. The lowest BCUT2D eigenvalue weighted by Gasteiger charge is -2.33. The lowest BCUT2D eigenvalue weighted by molar-refractivity contribution is 0.203. The molecular weight excluding hydrogens is 328 g/mol. The Kier molecular flexibility index (Phi) is 7.87. The highest BCUT2D eigenvalue weighted by molar-refractivity contribution is 5.80. The van der Waals surface area contributed by atoms with Crippen LogP contribution in [0.3, 0.4) is 0 Å². The van der Waals surface area contributed by atoms with Gasteiger partial charge in [0.2, 0.25) is 5.89 Å². The third kappa shape index (κ3) is 6.59. The van der Waals surface area contributed by atoms with E-state index < -0.39 is 0 Å². The molecule has 26 heavy (non-hydrogen) atoms. The number of nitrogens with one attached hydrogen (secondary N) is 2. The summed E-state index contributed by atoms with van der Waals surface area (Å²) in [6.07, 6.45) is 4.88. The maximum atomic E-state index is 5.34. The van der Waals surface area contributed by atoms with Crippen LogP contribution in [0.1, 0.15) is 72.0 Å². The number of unbranched alkanes of at least 4 members (excludes halogenated alkanes) is 1. The molecule has 1 aromatic heterocycles. The van der Waals surface area contributed by atoms with E-state index in [-0.39, 0.29) is 5.41 Å². The van der Waals surface area contributed by atoms with Crippen LogP contribution >= 0.6 is 0 Å². The number of hydrogen-bond donors (Lipinski definition) is 2. The fraction of sp³-hybridized carbons (Fsp3) is 0.842. The van der Waals surface area contributed by atoms with E-state index in [9.17, 15) is 0 Å². The largest absolute Gasteiger partial charge is 0.357 e. The molecule has 1 fully saturated rings. The molecule has 2 heterocycles. The van der Waals surface area contributed by atoms with E-state index in [4.69, 9.17) is 4.52 Å². The van der Waals surface area contributed by atoms with Crippen LogP contribution in [0.15, 0.2) is 9.52 Å². The summed E-state index contributed by atoms with van der Waals surface area (Å²) >= 11 is 0. The minimum atomic E-state index is -0.135.